The highest BCUT2D eigenvalue weighted by molar-refractivity contribution is 6.31. The molecular weight excluding hydrogens is 336 g/mol. The maximum Gasteiger partial charge on any atom is 0.291 e. The SMILES string of the molecule is O=C(Nc1ccc(N2CCCCC2)cc1)c1cc2cc(Cl)ccc2o1. The monoisotopic (exact) mass is 354 g/mol. The van der Waals surface area contributed by atoms with Gasteiger partial charge in [0.2, 0.25) is 0 Å². The van der Waals surface area contributed by atoms with Crippen LogP contribution in [-0.4, -0.2) is 19.0 Å². The predicted molar refractivity (Wildman–Crippen MR) is 102 cm³/mol. The zero-order chi connectivity index (χ0) is 17.2. The van der Waals surface area contributed by atoms with Crippen LogP contribution in [0.3, 0.4) is 0 Å². The molecule has 3 aromatic rings. The highest BCUT2D eigenvalue weighted by Gasteiger charge is 2.14. The number of rotatable bonds is 3. The van der Waals surface area contributed by atoms with Crippen molar-refractivity contribution in [3.05, 3.63) is 59.3 Å². The van der Waals surface area contributed by atoms with Gasteiger partial charge < -0.3 is 14.6 Å². The average molecular weight is 355 g/mol. The molecule has 1 aromatic heterocycles. The van der Waals surface area contributed by atoms with E-state index in [4.69, 9.17) is 16.0 Å². The van der Waals surface area contributed by atoms with Crippen molar-refractivity contribution in [2.24, 2.45) is 0 Å². The number of hydrogen-bond acceptors (Lipinski definition) is 3. The first-order valence-electron chi connectivity index (χ1n) is 8.54. The van der Waals surface area contributed by atoms with Gasteiger partial charge in [0.05, 0.1) is 0 Å². The van der Waals surface area contributed by atoms with Gasteiger partial charge >= 0.3 is 0 Å². The number of fused-ring (bicyclic) bond motifs is 1. The minimum atomic E-state index is -0.266. The molecule has 1 amide bonds. The van der Waals surface area contributed by atoms with E-state index >= 15 is 0 Å². The average Bonchev–Trinajstić information content (AvgIpc) is 3.06. The van der Waals surface area contributed by atoms with Crippen LogP contribution in [0.25, 0.3) is 11.0 Å². The first kappa shape index (κ1) is 16.0. The number of carbonyl (C=O) groups excluding carboxylic acids is 1. The Labute approximate surface area is 151 Å². The summed E-state index contributed by atoms with van der Waals surface area (Å²) in [4.78, 5) is 14.8. The molecule has 25 heavy (non-hydrogen) atoms. The van der Waals surface area contributed by atoms with E-state index in [1.807, 2.05) is 12.1 Å². The van der Waals surface area contributed by atoms with Crippen molar-refractivity contribution in [3.8, 4) is 0 Å². The lowest BCUT2D eigenvalue weighted by atomic mass is 10.1. The summed E-state index contributed by atoms with van der Waals surface area (Å²) >= 11 is 5.97. The molecule has 2 heterocycles. The smallest absolute Gasteiger partial charge is 0.291 e. The lowest BCUT2D eigenvalue weighted by Gasteiger charge is -2.28. The maximum atomic E-state index is 12.4. The van der Waals surface area contributed by atoms with Crippen LogP contribution in [0.15, 0.2) is 52.9 Å². The van der Waals surface area contributed by atoms with Crippen LogP contribution in [0, 0.1) is 0 Å². The topological polar surface area (TPSA) is 45.5 Å². The number of halogens is 1. The van der Waals surface area contributed by atoms with Gasteiger partial charge in [-0.05, 0) is 67.8 Å². The van der Waals surface area contributed by atoms with E-state index in [1.54, 1.807) is 24.3 Å². The van der Waals surface area contributed by atoms with Crippen LogP contribution in [0.1, 0.15) is 29.8 Å². The number of amides is 1. The fourth-order valence-electron chi connectivity index (χ4n) is 3.23. The Kier molecular flexibility index (Phi) is 4.36. The molecule has 1 N–H and O–H groups in total. The molecule has 2 aromatic carbocycles. The molecule has 1 aliphatic heterocycles. The van der Waals surface area contributed by atoms with Gasteiger partial charge in [0.1, 0.15) is 5.58 Å². The van der Waals surface area contributed by atoms with Crippen molar-refractivity contribution in [2.75, 3.05) is 23.3 Å². The standard InChI is InChI=1S/C20H19ClN2O2/c21-15-4-9-18-14(12-15)13-19(25-18)20(24)22-16-5-7-17(8-6-16)23-10-2-1-3-11-23/h4-9,12-13H,1-3,10-11H2,(H,22,24). The molecule has 4 nitrogen and oxygen atoms in total. The largest absolute Gasteiger partial charge is 0.451 e. The first-order valence-corrected chi connectivity index (χ1v) is 8.92. The van der Waals surface area contributed by atoms with Crippen molar-refractivity contribution in [3.63, 3.8) is 0 Å². The molecule has 0 saturated carbocycles. The second-order valence-corrected chi connectivity index (χ2v) is 6.78. The summed E-state index contributed by atoms with van der Waals surface area (Å²) in [7, 11) is 0. The minimum absolute atomic E-state index is 0.266. The van der Waals surface area contributed by atoms with Gasteiger partial charge in [-0.1, -0.05) is 11.6 Å². The van der Waals surface area contributed by atoms with Crippen molar-refractivity contribution < 1.29 is 9.21 Å². The molecule has 0 unspecified atom stereocenters. The van der Waals surface area contributed by atoms with Crippen LogP contribution >= 0.6 is 11.6 Å². The van der Waals surface area contributed by atoms with E-state index in [-0.39, 0.29) is 11.7 Å². The van der Waals surface area contributed by atoms with Gasteiger partial charge in [-0.3, -0.25) is 4.79 Å². The van der Waals surface area contributed by atoms with Crippen LogP contribution in [0.4, 0.5) is 11.4 Å². The molecule has 5 heteroatoms. The van der Waals surface area contributed by atoms with Crippen LogP contribution < -0.4 is 10.2 Å². The summed E-state index contributed by atoms with van der Waals surface area (Å²) in [6, 6.07) is 15.0. The van der Waals surface area contributed by atoms with Gasteiger partial charge in [0.15, 0.2) is 5.76 Å². The summed E-state index contributed by atoms with van der Waals surface area (Å²) in [6.45, 7) is 2.21. The highest BCUT2D eigenvalue weighted by Crippen LogP contribution is 2.25. The summed E-state index contributed by atoms with van der Waals surface area (Å²) in [5.41, 5.74) is 2.61. The number of furan rings is 1. The zero-order valence-electron chi connectivity index (χ0n) is 13.8. The van der Waals surface area contributed by atoms with Gasteiger partial charge in [0, 0.05) is 34.9 Å². The minimum Gasteiger partial charge on any atom is -0.451 e. The second kappa shape index (κ2) is 6.81. The lowest BCUT2D eigenvalue weighted by Crippen LogP contribution is -2.29. The molecule has 1 saturated heterocycles. The predicted octanol–water partition coefficient (Wildman–Crippen LogP) is 5.33. The summed E-state index contributed by atoms with van der Waals surface area (Å²) in [5.74, 6) is 0.00965. The molecule has 128 valence electrons. The van der Waals surface area contributed by atoms with Crippen molar-refractivity contribution in [2.45, 2.75) is 19.3 Å². The molecule has 1 aliphatic rings. The molecular formula is C20H19ClN2O2. The van der Waals surface area contributed by atoms with Crippen molar-refractivity contribution >= 4 is 39.9 Å². The zero-order valence-corrected chi connectivity index (χ0v) is 14.6. The van der Waals surface area contributed by atoms with Crippen LogP contribution in [-0.2, 0) is 0 Å². The van der Waals surface area contributed by atoms with Gasteiger partial charge in [-0.25, -0.2) is 0 Å². The third kappa shape index (κ3) is 3.49. The molecule has 1 fully saturated rings. The number of nitrogens with zero attached hydrogens (tertiary/aromatic N) is 1. The van der Waals surface area contributed by atoms with Gasteiger partial charge in [0.25, 0.3) is 5.91 Å². The number of nitrogens with one attached hydrogen (secondary N) is 1. The molecule has 0 aliphatic carbocycles. The normalized spacial score (nSPS) is 14.7. The lowest BCUT2D eigenvalue weighted by molar-refractivity contribution is 0.0998. The third-order valence-corrected chi connectivity index (χ3v) is 4.78. The van der Waals surface area contributed by atoms with Crippen molar-refractivity contribution in [1.82, 2.24) is 0 Å². The van der Waals surface area contributed by atoms with E-state index < -0.39 is 0 Å². The quantitative estimate of drug-likeness (QED) is 0.691. The van der Waals surface area contributed by atoms with E-state index in [2.05, 4.69) is 22.3 Å². The first-order chi connectivity index (χ1) is 12.2. The molecule has 0 spiro atoms. The Bertz CT molecular complexity index is 896. The molecule has 4 rings (SSSR count). The summed E-state index contributed by atoms with van der Waals surface area (Å²) in [6.07, 6.45) is 3.80. The summed E-state index contributed by atoms with van der Waals surface area (Å²) in [5, 5.41) is 4.32. The molecule has 0 radical (unpaired) electrons. The Morgan fingerprint density at radius 3 is 2.52 bits per heavy atom. The van der Waals surface area contributed by atoms with E-state index in [0.717, 1.165) is 24.2 Å². The van der Waals surface area contributed by atoms with E-state index in [9.17, 15) is 4.79 Å². The highest BCUT2D eigenvalue weighted by atomic mass is 35.5. The van der Waals surface area contributed by atoms with Crippen molar-refractivity contribution in [1.29, 1.82) is 0 Å². The number of hydrogen-bond donors (Lipinski definition) is 1. The Morgan fingerprint density at radius 1 is 1.00 bits per heavy atom. The third-order valence-electron chi connectivity index (χ3n) is 4.55. The fraction of sp³-hybridized carbons (Fsp3) is 0.250. The molecule has 0 atom stereocenters. The molecule has 0 bridgehead atoms. The fourth-order valence-corrected chi connectivity index (χ4v) is 3.41. The van der Waals surface area contributed by atoms with Crippen LogP contribution in [0.5, 0.6) is 0 Å². The summed E-state index contributed by atoms with van der Waals surface area (Å²) < 4.78 is 5.60. The number of benzene rings is 2. The Balaban J connectivity index is 1.47. The van der Waals surface area contributed by atoms with Gasteiger partial charge in [-0.2, -0.15) is 0 Å². The van der Waals surface area contributed by atoms with Crippen LogP contribution in [0.2, 0.25) is 5.02 Å². The Hall–Kier alpha value is -2.46. The number of piperidine rings is 1. The second-order valence-electron chi connectivity index (χ2n) is 6.34. The van der Waals surface area contributed by atoms with Gasteiger partial charge in [-0.15, -0.1) is 0 Å². The number of anilines is 2. The van der Waals surface area contributed by atoms with E-state index in [0.29, 0.717) is 10.6 Å². The van der Waals surface area contributed by atoms with E-state index in [1.165, 1.54) is 24.9 Å². The maximum absolute atomic E-state index is 12.4. The Morgan fingerprint density at radius 2 is 1.76 bits per heavy atom. The number of carbonyl (C=O) groups is 1.